The Bertz CT molecular complexity index is 302. The monoisotopic (exact) mass is 244 g/mol. The highest BCUT2D eigenvalue weighted by molar-refractivity contribution is 5.86. The lowest BCUT2D eigenvalue weighted by Crippen LogP contribution is -2.46. The van der Waals surface area contributed by atoms with Gasteiger partial charge in [0.1, 0.15) is 6.04 Å². The molecule has 2 atom stereocenters. The van der Waals surface area contributed by atoms with Crippen molar-refractivity contribution < 1.29 is 19.5 Å². The molecule has 2 unspecified atom stereocenters. The molecule has 17 heavy (non-hydrogen) atoms. The number of nitrogens with one attached hydrogen (secondary N) is 2. The van der Waals surface area contributed by atoms with Crippen LogP contribution >= 0.6 is 0 Å². The third kappa shape index (κ3) is 5.89. The molecule has 0 spiro atoms. The van der Waals surface area contributed by atoms with Gasteiger partial charge in [0, 0.05) is 13.5 Å². The highest BCUT2D eigenvalue weighted by Crippen LogP contribution is 2.09. The Hall–Kier alpha value is -1.59. The highest BCUT2D eigenvalue weighted by Gasteiger charge is 2.23. The zero-order valence-electron chi connectivity index (χ0n) is 10.6. The number of carboxylic acid groups (broad SMARTS) is 1. The van der Waals surface area contributed by atoms with Crippen molar-refractivity contribution in [1.29, 1.82) is 0 Å². The smallest absolute Gasteiger partial charge is 0.308 e. The van der Waals surface area contributed by atoms with E-state index in [0.717, 1.165) is 0 Å². The van der Waals surface area contributed by atoms with E-state index in [4.69, 9.17) is 5.11 Å². The normalized spacial score (nSPS) is 13.9. The standard InChI is InChI=1S/C11H20N2O4/c1-6(2)9(11(16)17)5-12-10(15)7(3)13-8(4)14/h6-7,9H,5H2,1-4H3,(H,12,15)(H,13,14)(H,16,17). The molecule has 6 heteroatoms. The molecule has 0 rings (SSSR count). The first-order valence-electron chi connectivity index (χ1n) is 5.53. The molecule has 0 saturated carbocycles. The Labute approximate surface area is 101 Å². The maximum Gasteiger partial charge on any atom is 0.308 e. The molecule has 0 heterocycles. The molecule has 6 nitrogen and oxygen atoms in total. The predicted molar refractivity (Wildman–Crippen MR) is 62.3 cm³/mol. The summed E-state index contributed by atoms with van der Waals surface area (Å²) in [6.07, 6.45) is 0. The van der Waals surface area contributed by atoms with E-state index in [0.29, 0.717) is 0 Å². The Morgan fingerprint density at radius 3 is 2.06 bits per heavy atom. The number of carbonyl (C=O) groups is 3. The van der Waals surface area contributed by atoms with Crippen molar-refractivity contribution in [3.63, 3.8) is 0 Å². The molecule has 3 N–H and O–H groups in total. The Morgan fingerprint density at radius 1 is 1.18 bits per heavy atom. The van der Waals surface area contributed by atoms with E-state index in [1.165, 1.54) is 6.92 Å². The quantitative estimate of drug-likeness (QED) is 0.612. The average molecular weight is 244 g/mol. The van der Waals surface area contributed by atoms with Crippen molar-refractivity contribution in [2.75, 3.05) is 6.54 Å². The topological polar surface area (TPSA) is 95.5 Å². The molecule has 0 bridgehead atoms. The van der Waals surface area contributed by atoms with Gasteiger partial charge in [-0.1, -0.05) is 13.8 Å². The summed E-state index contributed by atoms with van der Waals surface area (Å²) in [5, 5.41) is 13.9. The summed E-state index contributed by atoms with van der Waals surface area (Å²) in [6, 6.07) is -0.658. The summed E-state index contributed by atoms with van der Waals surface area (Å²) < 4.78 is 0. The summed E-state index contributed by atoms with van der Waals surface area (Å²) in [6.45, 7) is 6.49. The molecule has 98 valence electrons. The fourth-order valence-corrected chi connectivity index (χ4v) is 1.34. The Balaban J connectivity index is 4.21. The van der Waals surface area contributed by atoms with Crippen LogP contribution in [0.2, 0.25) is 0 Å². The molecule has 0 aromatic carbocycles. The number of rotatable bonds is 6. The van der Waals surface area contributed by atoms with Gasteiger partial charge >= 0.3 is 5.97 Å². The average Bonchev–Trinajstić information content (AvgIpc) is 2.15. The van der Waals surface area contributed by atoms with Gasteiger partial charge in [-0.15, -0.1) is 0 Å². The first-order valence-corrected chi connectivity index (χ1v) is 5.53. The van der Waals surface area contributed by atoms with Crippen LogP contribution in [0.3, 0.4) is 0 Å². The van der Waals surface area contributed by atoms with Crippen molar-refractivity contribution in [2.24, 2.45) is 11.8 Å². The lowest BCUT2D eigenvalue weighted by molar-refractivity contribution is -0.143. The van der Waals surface area contributed by atoms with Gasteiger partial charge in [0.25, 0.3) is 0 Å². The van der Waals surface area contributed by atoms with Crippen molar-refractivity contribution >= 4 is 17.8 Å². The van der Waals surface area contributed by atoms with Crippen molar-refractivity contribution in [2.45, 2.75) is 33.7 Å². The van der Waals surface area contributed by atoms with Gasteiger partial charge in [0.05, 0.1) is 5.92 Å². The Morgan fingerprint density at radius 2 is 1.71 bits per heavy atom. The van der Waals surface area contributed by atoms with Crippen molar-refractivity contribution in [3.8, 4) is 0 Å². The minimum Gasteiger partial charge on any atom is -0.481 e. The lowest BCUT2D eigenvalue weighted by atomic mass is 9.96. The molecule has 0 aliphatic carbocycles. The second-order valence-corrected chi connectivity index (χ2v) is 4.36. The summed E-state index contributed by atoms with van der Waals surface area (Å²) >= 11 is 0. The van der Waals surface area contributed by atoms with Crippen LogP contribution in [0.1, 0.15) is 27.7 Å². The van der Waals surface area contributed by atoms with Gasteiger partial charge in [-0.25, -0.2) is 0 Å². The molecule has 0 saturated heterocycles. The minimum absolute atomic E-state index is 0.0652. The van der Waals surface area contributed by atoms with Gasteiger partial charge < -0.3 is 15.7 Å². The van der Waals surface area contributed by atoms with Crippen LogP contribution in [0.25, 0.3) is 0 Å². The highest BCUT2D eigenvalue weighted by atomic mass is 16.4. The maximum absolute atomic E-state index is 11.5. The van der Waals surface area contributed by atoms with E-state index in [1.54, 1.807) is 20.8 Å². The summed E-state index contributed by atoms with van der Waals surface area (Å²) in [7, 11) is 0. The van der Waals surface area contributed by atoms with E-state index in [9.17, 15) is 14.4 Å². The predicted octanol–water partition coefficient (Wildman–Crippen LogP) is -0.0160. The Kier molecular flexibility index (Phi) is 6.23. The molecular formula is C11H20N2O4. The van der Waals surface area contributed by atoms with Gasteiger partial charge in [-0.2, -0.15) is 0 Å². The number of amides is 2. The zero-order valence-corrected chi connectivity index (χ0v) is 10.6. The molecule has 2 amide bonds. The first kappa shape index (κ1) is 15.4. The van der Waals surface area contributed by atoms with E-state index in [-0.39, 0.29) is 24.3 Å². The molecule has 0 aromatic rings. The van der Waals surface area contributed by atoms with Crippen molar-refractivity contribution in [1.82, 2.24) is 10.6 Å². The van der Waals surface area contributed by atoms with Crippen LogP contribution in [-0.2, 0) is 14.4 Å². The molecule has 0 fully saturated rings. The van der Waals surface area contributed by atoms with Gasteiger partial charge in [0.15, 0.2) is 0 Å². The minimum atomic E-state index is -0.938. The number of carboxylic acids is 1. The van der Waals surface area contributed by atoms with E-state index >= 15 is 0 Å². The number of carbonyl (C=O) groups excluding carboxylic acids is 2. The zero-order chi connectivity index (χ0) is 13.6. The number of hydrogen-bond acceptors (Lipinski definition) is 3. The number of hydrogen-bond donors (Lipinski definition) is 3. The van der Waals surface area contributed by atoms with Crippen LogP contribution in [0.15, 0.2) is 0 Å². The van der Waals surface area contributed by atoms with Gasteiger partial charge in [0.2, 0.25) is 11.8 Å². The molecule has 0 aliphatic rings. The van der Waals surface area contributed by atoms with E-state index in [2.05, 4.69) is 10.6 Å². The molecule has 0 aliphatic heterocycles. The van der Waals surface area contributed by atoms with Crippen molar-refractivity contribution in [3.05, 3.63) is 0 Å². The fourth-order valence-electron chi connectivity index (χ4n) is 1.34. The van der Waals surface area contributed by atoms with Crippen LogP contribution in [0.4, 0.5) is 0 Å². The third-order valence-corrected chi connectivity index (χ3v) is 2.43. The summed E-state index contributed by atoms with van der Waals surface area (Å²) in [5.74, 6) is -2.31. The third-order valence-electron chi connectivity index (χ3n) is 2.43. The number of aliphatic carboxylic acids is 1. The van der Waals surface area contributed by atoms with Crippen LogP contribution in [-0.4, -0.2) is 35.5 Å². The van der Waals surface area contributed by atoms with E-state index < -0.39 is 17.9 Å². The second-order valence-electron chi connectivity index (χ2n) is 4.36. The van der Waals surface area contributed by atoms with Crippen LogP contribution < -0.4 is 10.6 Å². The molecule has 0 radical (unpaired) electrons. The second kappa shape index (κ2) is 6.88. The summed E-state index contributed by atoms with van der Waals surface area (Å²) in [5.41, 5.74) is 0. The van der Waals surface area contributed by atoms with Gasteiger partial charge in [-0.05, 0) is 12.8 Å². The van der Waals surface area contributed by atoms with Gasteiger partial charge in [-0.3, -0.25) is 14.4 Å². The van der Waals surface area contributed by atoms with Crippen LogP contribution in [0, 0.1) is 11.8 Å². The first-order chi connectivity index (χ1) is 7.75. The molecular weight excluding hydrogens is 224 g/mol. The fraction of sp³-hybridized carbons (Fsp3) is 0.727. The SMILES string of the molecule is CC(=O)NC(C)C(=O)NCC(C(=O)O)C(C)C. The summed E-state index contributed by atoms with van der Waals surface area (Å²) in [4.78, 5) is 33.1. The maximum atomic E-state index is 11.5. The lowest BCUT2D eigenvalue weighted by Gasteiger charge is -2.18. The largest absolute Gasteiger partial charge is 0.481 e. The van der Waals surface area contributed by atoms with E-state index in [1.807, 2.05) is 0 Å². The molecule has 0 aromatic heterocycles. The van der Waals surface area contributed by atoms with Crippen LogP contribution in [0.5, 0.6) is 0 Å².